The van der Waals surface area contributed by atoms with Gasteiger partial charge in [0.25, 0.3) is 5.92 Å². The zero-order valence-electron chi connectivity index (χ0n) is 19.9. The van der Waals surface area contributed by atoms with Crippen molar-refractivity contribution in [3.63, 3.8) is 0 Å². The fraction of sp³-hybridized carbons (Fsp3) is 0.520. The number of hydrogen-bond acceptors (Lipinski definition) is 6. The summed E-state index contributed by atoms with van der Waals surface area (Å²) in [7, 11) is 0. The molecule has 0 atom stereocenters. The largest absolute Gasteiger partial charge is 0.366 e. The standard InChI is InChI=1S/C25H28F2N6O/c1-14(2)16-5-6-18-17(16)11-15(12-28-18)20-30-21(32-8-7-25(26,27)13-32)19-22(31-20)33-9-10-34-24(3,4)23(33)29-19/h5,11-12,14H,6-10,13H2,1-4H3. The molecule has 0 saturated carbocycles. The highest BCUT2D eigenvalue weighted by Gasteiger charge is 2.41. The molecule has 1 saturated heterocycles. The molecule has 0 aromatic carbocycles. The van der Waals surface area contributed by atoms with Crippen molar-refractivity contribution in [3.05, 3.63) is 35.4 Å². The SMILES string of the molecule is CC(C)C1=CCc2ncc(-c3nc(N4CCC(F)(F)C4)c4nc5n(c4n3)CCOC5(C)C)cc21. The van der Waals surface area contributed by atoms with E-state index in [1.807, 2.05) is 18.4 Å². The van der Waals surface area contributed by atoms with Crippen LogP contribution in [0.1, 0.15) is 51.2 Å². The molecule has 1 aliphatic carbocycles. The Balaban J connectivity index is 1.55. The van der Waals surface area contributed by atoms with Gasteiger partial charge >= 0.3 is 0 Å². The lowest BCUT2D eigenvalue weighted by Crippen LogP contribution is -2.33. The molecule has 0 spiro atoms. The third kappa shape index (κ3) is 3.32. The van der Waals surface area contributed by atoms with E-state index in [0.29, 0.717) is 41.9 Å². The van der Waals surface area contributed by atoms with Crippen molar-refractivity contribution in [2.45, 2.75) is 58.6 Å². The van der Waals surface area contributed by atoms with Crippen LogP contribution in [0.3, 0.4) is 0 Å². The van der Waals surface area contributed by atoms with Gasteiger partial charge in [-0.3, -0.25) is 4.98 Å². The Hall–Kier alpha value is -2.94. The van der Waals surface area contributed by atoms with Crippen molar-refractivity contribution < 1.29 is 13.5 Å². The van der Waals surface area contributed by atoms with Gasteiger partial charge in [-0.05, 0) is 31.4 Å². The first-order valence-electron chi connectivity index (χ1n) is 11.9. The van der Waals surface area contributed by atoms with Crippen molar-refractivity contribution in [1.29, 1.82) is 0 Å². The lowest BCUT2D eigenvalue weighted by atomic mass is 9.97. The van der Waals surface area contributed by atoms with Gasteiger partial charge < -0.3 is 14.2 Å². The minimum atomic E-state index is -2.74. The second-order valence-corrected chi connectivity index (χ2v) is 10.3. The Morgan fingerprint density at radius 3 is 2.68 bits per heavy atom. The summed E-state index contributed by atoms with van der Waals surface area (Å²) in [5.74, 6) is -0.687. The Morgan fingerprint density at radius 2 is 1.94 bits per heavy atom. The summed E-state index contributed by atoms with van der Waals surface area (Å²) in [6.45, 7) is 9.26. The van der Waals surface area contributed by atoms with Crippen molar-refractivity contribution in [3.8, 4) is 11.4 Å². The van der Waals surface area contributed by atoms with Gasteiger partial charge in [0, 0.05) is 43.3 Å². The number of hydrogen-bond donors (Lipinski definition) is 0. The van der Waals surface area contributed by atoms with E-state index in [-0.39, 0.29) is 19.5 Å². The molecule has 5 heterocycles. The fourth-order valence-corrected chi connectivity index (χ4v) is 5.27. The van der Waals surface area contributed by atoms with E-state index in [4.69, 9.17) is 19.7 Å². The fourth-order valence-electron chi connectivity index (χ4n) is 5.27. The number of alkyl halides is 2. The molecule has 0 bridgehead atoms. The van der Waals surface area contributed by atoms with Crippen molar-refractivity contribution >= 4 is 22.6 Å². The van der Waals surface area contributed by atoms with Crippen LogP contribution in [0.25, 0.3) is 28.1 Å². The van der Waals surface area contributed by atoms with Crippen LogP contribution in [0.2, 0.25) is 0 Å². The number of ether oxygens (including phenoxy) is 1. The molecule has 3 aliphatic rings. The molecule has 3 aromatic rings. The maximum atomic E-state index is 14.2. The molecule has 34 heavy (non-hydrogen) atoms. The molecular formula is C25H28F2N6O. The van der Waals surface area contributed by atoms with Gasteiger partial charge in [-0.25, -0.2) is 23.7 Å². The Bertz CT molecular complexity index is 1340. The number of anilines is 1. The summed E-state index contributed by atoms with van der Waals surface area (Å²) in [5, 5.41) is 0. The zero-order valence-corrected chi connectivity index (χ0v) is 19.9. The number of halogens is 2. The second-order valence-electron chi connectivity index (χ2n) is 10.3. The molecule has 7 nitrogen and oxygen atoms in total. The number of rotatable bonds is 3. The van der Waals surface area contributed by atoms with Gasteiger partial charge in [0.05, 0.1) is 18.8 Å². The minimum Gasteiger partial charge on any atom is -0.366 e. The van der Waals surface area contributed by atoms with Crippen LogP contribution in [-0.2, 0) is 23.3 Å². The van der Waals surface area contributed by atoms with E-state index in [9.17, 15) is 8.78 Å². The number of pyridine rings is 1. The van der Waals surface area contributed by atoms with Gasteiger partial charge in [-0.2, -0.15) is 0 Å². The highest BCUT2D eigenvalue weighted by molar-refractivity contribution is 5.87. The third-order valence-electron chi connectivity index (χ3n) is 7.04. The molecule has 0 N–H and O–H groups in total. The maximum absolute atomic E-state index is 14.2. The van der Waals surface area contributed by atoms with E-state index >= 15 is 0 Å². The average Bonchev–Trinajstić information content (AvgIpc) is 3.47. The van der Waals surface area contributed by atoms with Crippen LogP contribution in [0.4, 0.5) is 14.6 Å². The monoisotopic (exact) mass is 466 g/mol. The molecule has 3 aromatic heterocycles. The Morgan fingerprint density at radius 1 is 1.12 bits per heavy atom. The summed E-state index contributed by atoms with van der Waals surface area (Å²) in [5.41, 5.74) is 4.82. The molecule has 9 heteroatoms. The molecule has 1 fully saturated rings. The van der Waals surface area contributed by atoms with E-state index in [1.54, 1.807) is 11.1 Å². The van der Waals surface area contributed by atoms with Crippen LogP contribution in [0, 0.1) is 5.92 Å². The molecule has 0 unspecified atom stereocenters. The molecular weight excluding hydrogens is 438 g/mol. The van der Waals surface area contributed by atoms with Gasteiger partial charge in [0.15, 0.2) is 22.8 Å². The molecule has 2 aliphatic heterocycles. The van der Waals surface area contributed by atoms with Crippen LogP contribution < -0.4 is 4.90 Å². The van der Waals surface area contributed by atoms with Gasteiger partial charge in [-0.1, -0.05) is 19.9 Å². The minimum absolute atomic E-state index is 0.195. The summed E-state index contributed by atoms with van der Waals surface area (Å²) in [6.07, 6.45) is 4.64. The molecule has 0 amide bonds. The highest BCUT2D eigenvalue weighted by Crippen LogP contribution is 2.39. The lowest BCUT2D eigenvalue weighted by molar-refractivity contribution is -0.0530. The average molecular weight is 467 g/mol. The van der Waals surface area contributed by atoms with E-state index in [0.717, 1.165) is 29.1 Å². The highest BCUT2D eigenvalue weighted by atomic mass is 19.3. The predicted octanol–water partition coefficient (Wildman–Crippen LogP) is 4.59. The quantitative estimate of drug-likeness (QED) is 0.562. The molecule has 6 rings (SSSR count). The third-order valence-corrected chi connectivity index (χ3v) is 7.04. The van der Waals surface area contributed by atoms with Gasteiger partial charge in [0.1, 0.15) is 11.4 Å². The topological polar surface area (TPSA) is 69.0 Å². The Labute approximate surface area is 196 Å². The van der Waals surface area contributed by atoms with Crippen LogP contribution in [0.15, 0.2) is 18.3 Å². The number of fused-ring (bicyclic) bond motifs is 4. The molecule has 178 valence electrons. The Kier molecular flexibility index (Phi) is 4.62. The first-order valence-corrected chi connectivity index (χ1v) is 11.9. The first-order chi connectivity index (χ1) is 16.1. The summed E-state index contributed by atoms with van der Waals surface area (Å²) < 4.78 is 36.3. The summed E-state index contributed by atoms with van der Waals surface area (Å²) in [6, 6.07) is 2.09. The van der Waals surface area contributed by atoms with Gasteiger partial charge in [-0.15, -0.1) is 0 Å². The van der Waals surface area contributed by atoms with Crippen LogP contribution in [-0.4, -0.2) is 50.1 Å². The summed E-state index contributed by atoms with van der Waals surface area (Å²) in [4.78, 5) is 20.9. The van der Waals surface area contributed by atoms with Crippen LogP contribution in [0.5, 0.6) is 0 Å². The van der Waals surface area contributed by atoms with E-state index in [1.165, 1.54) is 5.57 Å². The van der Waals surface area contributed by atoms with Crippen molar-refractivity contribution in [2.75, 3.05) is 24.6 Å². The maximum Gasteiger partial charge on any atom is 0.266 e. The predicted molar refractivity (Wildman–Crippen MR) is 126 cm³/mol. The van der Waals surface area contributed by atoms with Gasteiger partial charge in [0.2, 0.25) is 0 Å². The lowest BCUT2D eigenvalue weighted by Gasteiger charge is -2.30. The van der Waals surface area contributed by atoms with E-state index < -0.39 is 11.5 Å². The number of imidazole rings is 1. The van der Waals surface area contributed by atoms with Crippen molar-refractivity contribution in [2.24, 2.45) is 5.92 Å². The first kappa shape index (κ1) is 21.6. The second kappa shape index (κ2) is 7.28. The number of nitrogens with zero attached hydrogens (tertiary/aromatic N) is 6. The normalized spacial score (nSPS) is 20.7. The van der Waals surface area contributed by atoms with E-state index in [2.05, 4.69) is 31.0 Å². The smallest absolute Gasteiger partial charge is 0.266 e. The number of allylic oxidation sites excluding steroid dienone is 2. The van der Waals surface area contributed by atoms with Crippen LogP contribution >= 0.6 is 0 Å². The summed E-state index contributed by atoms with van der Waals surface area (Å²) >= 11 is 0. The molecule has 0 radical (unpaired) electrons. The zero-order chi connectivity index (χ0) is 23.8. The number of aromatic nitrogens is 5. The van der Waals surface area contributed by atoms with Crippen molar-refractivity contribution in [1.82, 2.24) is 24.5 Å².